The van der Waals surface area contributed by atoms with Gasteiger partial charge in [0.15, 0.2) is 5.82 Å². The molecule has 1 aromatic heterocycles. The van der Waals surface area contributed by atoms with Crippen molar-refractivity contribution in [2.45, 2.75) is 12.8 Å². The second kappa shape index (κ2) is 3.95. The van der Waals surface area contributed by atoms with Crippen LogP contribution in [0.4, 0.5) is 4.39 Å². The number of benzene rings is 1. The predicted octanol–water partition coefficient (Wildman–Crippen LogP) is 1.12. The zero-order valence-corrected chi connectivity index (χ0v) is 7.44. The first-order valence-electron chi connectivity index (χ1n) is 4.32. The first kappa shape index (κ1) is 8.80. The van der Waals surface area contributed by atoms with Gasteiger partial charge < -0.3 is 0 Å². The summed E-state index contributed by atoms with van der Waals surface area (Å²) < 4.78 is 13.2. The van der Waals surface area contributed by atoms with E-state index in [2.05, 4.69) is 20.6 Å². The Hall–Kier alpha value is -1.78. The van der Waals surface area contributed by atoms with Crippen LogP contribution in [0.2, 0.25) is 0 Å². The fourth-order valence-corrected chi connectivity index (χ4v) is 1.24. The molecule has 2 aromatic rings. The Bertz CT molecular complexity index is 399. The van der Waals surface area contributed by atoms with Crippen LogP contribution in [-0.4, -0.2) is 20.6 Å². The standard InChI is InChI=1S/C9H9FN4/c10-8-4-2-1-3-7(8)5-6-9-11-13-14-12-9/h1-4H,5-6H2,(H,11,12,13,14). The van der Waals surface area contributed by atoms with Gasteiger partial charge in [0.1, 0.15) is 5.82 Å². The van der Waals surface area contributed by atoms with Gasteiger partial charge in [-0.15, -0.1) is 10.2 Å². The number of rotatable bonds is 3. The van der Waals surface area contributed by atoms with Gasteiger partial charge in [0.2, 0.25) is 0 Å². The molecule has 0 unspecified atom stereocenters. The molecule has 0 radical (unpaired) electrons. The van der Waals surface area contributed by atoms with Gasteiger partial charge in [0, 0.05) is 6.42 Å². The van der Waals surface area contributed by atoms with E-state index < -0.39 is 0 Å². The van der Waals surface area contributed by atoms with Gasteiger partial charge in [-0.2, -0.15) is 5.21 Å². The van der Waals surface area contributed by atoms with Gasteiger partial charge >= 0.3 is 0 Å². The zero-order chi connectivity index (χ0) is 9.80. The molecule has 0 aliphatic heterocycles. The summed E-state index contributed by atoms with van der Waals surface area (Å²) in [7, 11) is 0. The topological polar surface area (TPSA) is 54.5 Å². The first-order chi connectivity index (χ1) is 6.86. The second-order valence-electron chi connectivity index (χ2n) is 2.92. The molecule has 1 N–H and O–H groups in total. The molecular weight excluding hydrogens is 183 g/mol. The lowest BCUT2D eigenvalue weighted by molar-refractivity contribution is 0.607. The number of nitrogens with zero attached hydrogens (tertiary/aromatic N) is 3. The molecule has 14 heavy (non-hydrogen) atoms. The van der Waals surface area contributed by atoms with Crippen LogP contribution in [-0.2, 0) is 12.8 Å². The highest BCUT2D eigenvalue weighted by molar-refractivity contribution is 5.17. The van der Waals surface area contributed by atoms with Crippen molar-refractivity contribution in [2.75, 3.05) is 0 Å². The molecule has 72 valence electrons. The molecule has 4 nitrogen and oxygen atoms in total. The molecule has 1 heterocycles. The smallest absolute Gasteiger partial charge is 0.174 e. The Balaban J connectivity index is 2.02. The second-order valence-corrected chi connectivity index (χ2v) is 2.92. The van der Waals surface area contributed by atoms with Crippen molar-refractivity contribution in [2.24, 2.45) is 0 Å². The quantitative estimate of drug-likeness (QED) is 0.792. The minimum Gasteiger partial charge on any atom is -0.207 e. The Morgan fingerprint density at radius 2 is 2.07 bits per heavy atom. The van der Waals surface area contributed by atoms with Gasteiger partial charge in [-0.05, 0) is 18.1 Å². The third-order valence-electron chi connectivity index (χ3n) is 1.96. The highest BCUT2D eigenvalue weighted by atomic mass is 19.1. The fourth-order valence-electron chi connectivity index (χ4n) is 1.24. The van der Waals surface area contributed by atoms with Gasteiger partial charge in [-0.1, -0.05) is 23.4 Å². The summed E-state index contributed by atoms with van der Waals surface area (Å²) in [6, 6.07) is 6.70. The molecule has 0 atom stereocenters. The maximum atomic E-state index is 13.2. The Kier molecular flexibility index (Phi) is 2.48. The fraction of sp³-hybridized carbons (Fsp3) is 0.222. The van der Waals surface area contributed by atoms with Crippen LogP contribution in [0.25, 0.3) is 0 Å². The van der Waals surface area contributed by atoms with Crippen molar-refractivity contribution in [1.82, 2.24) is 20.6 Å². The van der Waals surface area contributed by atoms with Crippen molar-refractivity contribution in [3.05, 3.63) is 41.5 Å². The van der Waals surface area contributed by atoms with Crippen LogP contribution in [0.15, 0.2) is 24.3 Å². The molecule has 0 fully saturated rings. The predicted molar refractivity (Wildman–Crippen MR) is 48.0 cm³/mol. The average molecular weight is 192 g/mol. The molecule has 0 aliphatic carbocycles. The molecule has 0 aliphatic rings. The Morgan fingerprint density at radius 3 is 2.79 bits per heavy atom. The van der Waals surface area contributed by atoms with E-state index in [1.165, 1.54) is 6.07 Å². The molecular formula is C9H9FN4. The van der Waals surface area contributed by atoms with E-state index in [4.69, 9.17) is 0 Å². The summed E-state index contributed by atoms with van der Waals surface area (Å²) in [6.07, 6.45) is 1.18. The van der Waals surface area contributed by atoms with E-state index >= 15 is 0 Å². The van der Waals surface area contributed by atoms with E-state index in [1.54, 1.807) is 12.1 Å². The van der Waals surface area contributed by atoms with Crippen molar-refractivity contribution >= 4 is 0 Å². The van der Waals surface area contributed by atoms with E-state index in [0.717, 1.165) is 0 Å². The number of aromatic amines is 1. The number of hydrogen-bond donors (Lipinski definition) is 1. The summed E-state index contributed by atoms with van der Waals surface area (Å²) in [5.74, 6) is 0.421. The van der Waals surface area contributed by atoms with Crippen LogP contribution < -0.4 is 0 Å². The minimum atomic E-state index is -0.184. The van der Waals surface area contributed by atoms with Gasteiger partial charge in [0.25, 0.3) is 0 Å². The summed E-state index contributed by atoms with van der Waals surface area (Å²) in [5, 5.41) is 13.4. The lowest BCUT2D eigenvalue weighted by Gasteiger charge is -1.99. The molecule has 0 saturated carbocycles. The van der Waals surface area contributed by atoms with E-state index in [9.17, 15) is 4.39 Å². The minimum absolute atomic E-state index is 0.184. The molecule has 0 saturated heterocycles. The van der Waals surface area contributed by atoms with Crippen molar-refractivity contribution in [3.8, 4) is 0 Å². The van der Waals surface area contributed by atoms with Gasteiger partial charge in [0.05, 0.1) is 0 Å². The Labute approximate surface area is 80.2 Å². The third kappa shape index (κ3) is 1.93. The van der Waals surface area contributed by atoms with E-state index in [-0.39, 0.29) is 5.82 Å². The van der Waals surface area contributed by atoms with Gasteiger partial charge in [-0.25, -0.2) is 4.39 Å². The van der Waals surface area contributed by atoms with E-state index in [0.29, 0.717) is 24.2 Å². The molecule has 2 rings (SSSR count). The summed E-state index contributed by atoms with van der Waals surface area (Å²) in [4.78, 5) is 0. The normalized spacial score (nSPS) is 10.4. The molecule has 5 heteroatoms. The number of halogens is 1. The van der Waals surface area contributed by atoms with Crippen molar-refractivity contribution in [3.63, 3.8) is 0 Å². The Morgan fingerprint density at radius 1 is 1.21 bits per heavy atom. The largest absolute Gasteiger partial charge is 0.207 e. The summed E-state index contributed by atoms with van der Waals surface area (Å²) >= 11 is 0. The average Bonchev–Trinajstić information content (AvgIpc) is 2.69. The lowest BCUT2D eigenvalue weighted by atomic mass is 10.1. The molecule has 1 aromatic carbocycles. The van der Waals surface area contributed by atoms with Crippen molar-refractivity contribution in [1.29, 1.82) is 0 Å². The monoisotopic (exact) mass is 192 g/mol. The van der Waals surface area contributed by atoms with Crippen molar-refractivity contribution < 1.29 is 4.39 Å². The van der Waals surface area contributed by atoms with Crippen LogP contribution >= 0.6 is 0 Å². The zero-order valence-electron chi connectivity index (χ0n) is 7.44. The summed E-state index contributed by atoms with van der Waals surface area (Å²) in [6.45, 7) is 0. The van der Waals surface area contributed by atoms with E-state index in [1.807, 2.05) is 6.07 Å². The summed E-state index contributed by atoms with van der Waals surface area (Å²) in [5.41, 5.74) is 0.678. The van der Waals surface area contributed by atoms with Gasteiger partial charge in [-0.3, -0.25) is 0 Å². The highest BCUT2D eigenvalue weighted by Gasteiger charge is 2.03. The maximum absolute atomic E-state index is 13.2. The third-order valence-corrected chi connectivity index (χ3v) is 1.96. The van der Waals surface area contributed by atoms with Crippen LogP contribution in [0.5, 0.6) is 0 Å². The lowest BCUT2D eigenvalue weighted by Crippen LogP contribution is -1.96. The number of aryl methyl sites for hydroxylation is 2. The number of nitrogens with one attached hydrogen (secondary N) is 1. The SMILES string of the molecule is Fc1ccccc1CCc1nn[nH]n1. The van der Waals surface area contributed by atoms with Crippen LogP contribution in [0.1, 0.15) is 11.4 Å². The highest BCUT2D eigenvalue weighted by Crippen LogP contribution is 2.08. The number of hydrogen-bond acceptors (Lipinski definition) is 3. The van der Waals surface area contributed by atoms with Crippen LogP contribution in [0.3, 0.4) is 0 Å². The number of aromatic nitrogens is 4. The van der Waals surface area contributed by atoms with Crippen LogP contribution in [0, 0.1) is 5.82 Å². The molecule has 0 spiro atoms. The number of H-pyrrole nitrogens is 1. The first-order valence-corrected chi connectivity index (χ1v) is 4.32. The molecule has 0 amide bonds. The number of tetrazole rings is 1. The maximum Gasteiger partial charge on any atom is 0.174 e. The molecule has 0 bridgehead atoms.